The second-order valence-electron chi connectivity index (χ2n) is 4.34. The van der Waals surface area contributed by atoms with Gasteiger partial charge in [0, 0.05) is 30.4 Å². The molecule has 1 aliphatic heterocycles. The molecule has 2 rings (SSSR count). The molecule has 0 saturated carbocycles. The van der Waals surface area contributed by atoms with E-state index < -0.39 is 0 Å². The summed E-state index contributed by atoms with van der Waals surface area (Å²) in [6, 6.07) is 5.86. The number of nitrogens with zero attached hydrogens (tertiary/aromatic N) is 1. The Hall–Kier alpha value is -1.03. The molecule has 4 heteroatoms. The molecule has 17 heavy (non-hydrogen) atoms. The molecule has 1 heterocycles. The molecular weight excluding hydrogens is 282 g/mol. The topological polar surface area (TPSA) is 29.5 Å². The fourth-order valence-electron chi connectivity index (χ4n) is 1.83. The van der Waals surface area contributed by atoms with Gasteiger partial charge in [-0.15, -0.1) is 0 Å². The normalized spacial score (nSPS) is 15.0. The lowest BCUT2D eigenvalue weighted by molar-refractivity contribution is 0.0758. The quantitative estimate of drug-likeness (QED) is 0.802. The van der Waals surface area contributed by atoms with Gasteiger partial charge in [0.05, 0.1) is 6.61 Å². The predicted molar refractivity (Wildman–Crippen MR) is 71.0 cm³/mol. The van der Waals surface area contributed by atoms with Crippen LogP contribution in [0, 0.1) is 0 Å². The van der Waals surface area contributed by atoms with Crippen LogP contribution in [0.4, 0.5) is 0 Å². The standard InChI is InChI=1S/C13H16BrNO2/c1-9(8-14)15(2)13(16)11-3-4-12-10(7-11)5-6-17-12/h3-4,7,9H,5-6,8H2,1-2H3. The summed E-state index contributed by atoms with van der Waals surface area (Å²) < 4.78 is 5.43. The number of hydrogen-bond donors (Lipinski definition) is 0. The van der Waals surface area contributed by atoms with Crippen molar-refractivity contribution < 1.29 is 9.53 Å². The van der Waals surface area contributed by atoms with Crippen molar-refractivity contribution in [2.24, 2.45) is 0 Å². The number of carbonyl (C=O) groups excluding carboxylic acids is 1. The fraction of sp³-hybridized carbons (Fsp3) is 0.462. The minimum Gasteiger partial charge on any atom is -0.493 e. The molecule has 0 aliphatic carbocycles. The molecular formula is C13H16BrNO2. The SMILES string of the molecule is CC(CBr)N(C)C(=O)c1ccc2c(c1)CCO2. The smallest absolute Gasteiger partial charge is 0.253 e. The van der Waals surface area contributed by atoms with E-state index in [-0.39, 0.29) is 11.9 Å². The summed E-state index contributed by atoms with van der Waals surface area (Å²) in [6.07, 6.45) is 0.897. The summed E-state index contributed by atoms with van der Waals surface area (Å²) in [5.41, 5.74) is 1.88. The van der Waals surface area contributed by atoms with Gasteiger partial charge in [-0.25, -0.2) is 0 Å². The first-order valence-electron chi connectivity index (χ1n) is 5.72. The minimum absolute atomic E-state index is 0.0617. The summed E-state index contributed by atoms with van der Waals surface area (Å²) in [6.45, 7) is 2.74. The number of carbonyl (C=O) groups is 1. The Balaban J connectivity index is 2.20. The highest BCUT2D eigenvalue weighted by Crippen LogP contribution is 2.26. The van der Waals surface area contributed by atoms with Crippen LogP contribution in [0.1, 0.15) is 22.8 Å². The van der Waals surface area contributed by atoms with Crippen LogP contribution in [-0.4, -0.2) is 35.8 Å². The van der Waals surface area contributed by atoms with Crippen LogP contribution in [-0.2, 0) is 6.42 Å². The molecule has 0 radical (unpaired) electrons. The van der Waals surface area contributed by atoms with Crippen molar-refractivity contribution in [3.05, 3.63) is 29.3 Å². The van der Waals surface area contributed by atoms with Gasteiger partial charge < -0.3 is 9.64 Å². The Morgan fingerprint density at radius 2 is 2.35 bits per heavy atom. The summed E-state index contributed by atoms with van der Waals surface area (Å²) in [5.74, 6) is 0.976. The second-order valence-corrected chi connectivity index (χ2v) is 4.99. The molecule has 1 atom stereocenters. The number of benzene rings is 1. The highest BCUT2D eigenvalue weighted by molar-refractivity contribution is 9.09. The Morgan fingerprint density at radius 3 is 3.06 bits per heavy atom. The van der Waals surface area contributed by atoms with Gasteiger partial charge in [-0.2, -0.15) is 0 Å². The van der Waals surface area contributed by atoms with Crippen LogP contribution in [0.3, 0.4) is 0 Å². The second kappa shape index (κ2) is 5.08. The number of hydrogen-bond acceptors (Lipinski definition) is 2. The molecule has 0 spiro atoms. The highest BCUT2D eigenvalue weighted by Gasteiger charge is 2.19. The van der Waals surface area contributed by atoms with Crippen LogP contribution in [0.5, 0.6) is 5.75 Å². The lowest BCUT2D eigenvalue weighted by Crippen LogP contribution is -2.36. The predicted octanol–water partition coefficient (Wildman–Crippen LogP) is 2.48. The molecule has 0 N–H and O–H groups in total. The molecule has 92 valence electrons. The number of rotatable bonds is 3. The van der Waals surface area contributed by atoms with E-state index in [1.54, 1.807) is 4.90 Å². The van der Waals surface area contributed by atoms with E-state index in [1.165, 1.54) is 0 Å². The molecule has 0 saturated heterocycles. The first-order chi connectivity index (χ1) is 8.13. The van der Waals surface area contributed by atoms with Gasteiger partial charge >= 0.3 is 0 Å². The summed E-state index contributed by atoms with van der Waals surface area (Å²) in [4.78, 5) is 14.0. The van der Waals surface area contributed by atoms with E-state index in [2.05, 4.69) is 15.9 Å². The number of ether oxygens (including phenoxy) is 1. The van der Waals surface area contributed by atoms with E-state index in [9.17, 15) is 4.79 Å². The summed E-state index contributed by atoms with van der Waals surface area (Å²) >= 11 is 3.39. The van der Waals surface area contributed by atoms with E-state index in [0.29, 0.717) is 0 Å². The zero-order valence-electron chi connectivity index (χ0n) is 10.1. The molecule has 1 aromatic rings. The van der Waals surface area contributed by atoms with Crippen LogP contribution >= 0.6 is 15.9 Å². The molecule has 0 fully saturated rings. The largest absolute Gasteiger partial charge is 0.493 e. The molecule has 1 aromatic carbocycles. The average Bonchev–Trinajstić information content (AvgIpc) is 2.83. The van der Waals surface area contributed by atoms with Gasteiger partial charge in [-0.3, -0.25) is 4.79 Å². The third kappa shape index (κ3) is 2.46. The Morgan fingerprint density at radius 1 is 1.59 bits per heavy atom. The number of amides is 1. The third-order valence-corrected chi connectivity index (χ3v) is 4.08. The fourth-order valence-corrected chi connectivity index (χ4v) is 2.26. The Bertz CT molecular complexity index is 433. The number of alkyl halides is 1. The van der Waals surface area contributed by atoms with E-state index in [1.807, 2.05) is 32.2 Å². The van der Waals surface area contributed by atoms with Crippen LogP contribution < -0.4 is 4.74 Å². The van der Waals surface area contributed by atoms with Crippen LogP contribution in [0.25, 0.3) is 0 Å². The maximum absolute atomic E-state index is 12.2. The van der Waals surface area contributed by atoms with Gasteiger partial charge in [0.25, 0.3) is 5.91 Å². The van der Waals surface area contributed by atoms with Gasteiger partial charge in [0.15, 0.2) is 0 Å². The third-order valence-electron chi connectivity index (χ3n) is 3.14. The van der Waals surface area contributed by atoms with Crippen molar-refractivity contribution in [1.82, 2.24) is 4.90 Å². The maximum Gasteiger partial charge on any atom is 0.253 e. The van der Waals surface area contributed by atoms with Gasteiger partial charge in [0.2, 0.25) is 0 Å². The molecule has 1 amide bonds. The van der Waals surface area contributed by atoms with Gasteiger partial charge in [-0.1, -0.05) is 15.9 Å². The van der Waals surface area contributed by atoms with E-state index in [4.69, 9.17) is 4.74 Å². The van der Waals surface area contributed by atoms with E-state index in [0.717, 1.165) is 35.2 Å². The van der Waals surface area contributed by atoms with Crippen molar-refractivity contribution in [3.63, 3.8) is 0 Å². The minimum atomic E-state index is 0.0617. The average molecular weight is 298 g/mol. The maximum atomic E-state index is 12.2. The van der Waals surface area contributed by atoms with Crippen molar-refractivity contribution in [2.75, 3.05) is 19.0 Å². The van der Waals surface area contributed by atoms with Crippen molar-refractivity contribution in [2.45, 2.75) is 19.4 Å². The number of fused-ring (bicyclic) bond motifs is 1. The van der Waals surface area contributed by atoms with Crippen LogP contribution in [0.2, 0.25) is 0 Å². The Kier molecular flexibility index (Phi) is 3.72. The zero-order chi connectivity index (χ0) is 12.4. The number of halogens is 1. The van der Waals surface area contributed by atoms with Crippen molar-refractivity contribution in [1.29, 1.82) is 0 Å². The molecule has 0 bridgehead atoms. The lowest BCUT2D eigenvalue weighted by atomic mass is 10.1. The zero-order valence-corrected chi connectivity index (χ0v) is 11.7. The summed E-state index contributed by atoms with van der Waals surface area (Å²) in [7, 11) is 1.83. The lowest BCUT2D eigenvalue weighted by Gasteiger charge is -2.23. The summed E-state index contributed by atoms with van der Waals surface area (Å²) in [5, 5.41) is 0.781. The highest BCUT2D eigenvalue weighted by atomic mass is 79.9. The van der Waals surface area contributed by atoms with Crippen molar-refractivity contribution >= 4 is 21.8 Å². The molecule has 3 nitrogen and oxygen atoms in total. The van der Waals surface area contributed by atoms with Crippen molar-refractivity contribution in [3.8, 4) is 5.75 Å². The molecule has 0 aromatic heterocycles. The monoisotopic (exact) mass is 297 g/mol. The van der Waals surface area contributed by atoms with Gasteiger partial charge in [-0.05, 0) is 30.7 Å². The first kappa shape index (κ1) is 12.4. The van der Waals surface area contributed by atoms with Crippen LogP contribution in [0.15, 0.2) is 18.2 Å². The molecule has 1 unspecified atom stereocenters. The Labute approximate surface area is 110 Å². The van der Waals surface area contributed by atoms with Gasteiger partial charge in [0.1, 0.15) is 5.75 Å². The molecule has 1 aliphatic rings. The van der Waals surface area contributed by atoms with E-state index >= 15 is 0 Å². The first-order valence-corrected chi connectivity index (χ1v) is 6.84.